The van der Waals surface area contributed by atoms with Crippen LogP contribution in [0.3, 0.4) is 0 Å². The lowest BCUT2D eigenvalue weighted by Gasteiger charge is -2.11. The molecular formula is C17H17Cl2N3O2. The van der Waals surface area contributed by atoms with Crippen LogP contribution in [0.15, 0.2) is 36.5 Å². The number of nitrogens with one attached hydrogen (secondary N) is 2. The smallest absolute Gasteiger partial charge is 0.270 e. The Morgan fingerprint density at radius 1 is 1.17 bits per heavy atom. The van der Waals surface area contributed by atoms with Crippen molar-refractivity contribution in [2.24, 2.45) is 0 Å². The summed E-state index contributed by atoms with van der Waals surface area (Å²) < 4.78 is 0. The maximum absolute atomic E-state index is 12.3. The molecule has 0 spiro atoms. The normalized spacial score (nSPS) is 11.7. The van der Waals surface area contributed by atoms with Crippen molar-refractivity contribution in [3.63, 3.8) is 0 Å². The first kappa shape index (κ1) is 18.2. The number of benzene rings is 1. The molecule has 0 bridgehead atoms. The van der Waals surface area contributed by atoms with E-state index >= 15 is 0 Å². The highest BCUT2D eigenvalue weighted by atomic mass is 35.5. The molecule has 1 aromatic heterocycles. The number of amides is 2. The Morgan fingerprint density at radius 2 is 1.92 bits per heavy atom. The molecule has 0 radical (unpaired) electrons. The molecule has 0 aliphatic heterocycles. The van der Waals surface area contributed by atoms with Gasteiger partial charge in [0, 0.05) is 22.8 Å². The number of carbonyl (C=O) groups is 2. The highest BCUT2D eigenvalue weighted by molar-refractivity contribution is 6.36. The minimum absolute atomic E-state index is 0.0321. The van der Waals surface area contributed by atoms with Crippen molar-refractivity contribution in [1.82, 2.24) is 10.3 Å². The Kier molecular flexibility index (Phi) is 6.17. The summed E-state index contributed by atoms with van der Waals surface area (Å²) in [6.45, 7) is 3.87. The first-order valence-electron chi connectivity index (χ1n) is 7.44. The third-order valence-corrected chi connectivity index (χ3v) is 3.97. The van der Waals surface area contributed by atoms with Crippen LogP contribution < -0.4 is 10.6 Å². The summed E-state index contributed by atoms with van der Waals surface area (Å²) in [5.74, 6) is -0.706. The molecule has 5 nitrogen and oxygen atoms in total. The van der Waals surface area contributed by atoms with Gasteiger partial charge in [-0.1, -0.05) is 30.1 Å². The molecule has 0 aliphatic rings. The van der Waals surface area contributed by atoms with E-state index in [-0.39, 0.29) is 23.6 Å². The van der Waals surface area contributed by atoms with Gasteiger partial charge in [0.1, 0.15) is 5.69 Å². The molecule has 1 unspecified atom stereocenters. The Bertz CT molecular complexity index is 765. The third kappa shape index (κ3) is 4.69. The van der Waals surface area contributed by atoms with Crippen LogP contribution in [0.4, 0.5) is 5.69 Å². The van der Waals surface area contributed by atoms with E-state index in [4.69, 9.17) is 23.2 Å². The van der Waals surface area contributed by atoms with Crippen LogP contribution in [0.1, 0.15) is 41.1 Å². The zero-order valence-corrected chi connectivity index (χ0v) is 14.8. The molecule has 2 N–H and O–H groups in total. The van der Waals surface area contributed by atoms with Crippen LogP contribution in [0, 0.1) is 0 Å². The zero-order valence-electron chi connectivity index (χ0n) is 13.3. The number of anilines is 1. The highest BCUT2D eigenvalue weighted by Gasteiger charge is 2.14. The van der Waals surface area contributed by atoms with Crippen LogP contribution >= 0.6 is 23.2 Å². The number of aromatic nitrogens is 1. The van der Waals surface area contributed by atoms with Crippen molar-refractivity contribution in [1.29, 1.82) is 0 Å². The number of hydrogen-bond donors (Lipinski definition) is 2. The molecule has 1 atom stereocenters. The van der Waals surface area contributed by atoms with Gasteiger partial charge in [-0.3, -0.25) is 14.6 Å². The van der Waals surface area contributed by atoms with E-state index in [9.17, 15) is 9.59 Å². The average molecular weight is 366 g/mol. The van der Waals surface area contributed by atoms with Gasteiger partial charge in [-0.15, -0.1) is 0 Å². The van der Waals surface area contributed by atoms with E-state index in [2.05, 4.69) is 15.6 Å². The predicted octanol–water partition coefficient (Wildman–Crippen LogP) is 4.17. The molecule has 0 saturated heterocycles. The van der Waals surface area contributed by atoms with Gasteiger partial charge < -0.3 is 10.6 Å². The number of hydrogen-bond acceptors (Lipinski definition) is 3. The molecule has 1 aromatic carbocycles. The summed E-state index contributed by atoms with van der Waals surface area (Å²) in [6.07, 6.45) is 2.23. The van der Waals surface area contributed by atoms with Crippen LogP contribution in [0.5, 0.6) is 0 Å². The number of rotatable bonds is 5. The van der Waals surface area contributed by atoms with Gasteiger partial charge in [-0.2, -0.15) is 0 Å². The standard InChI is InChI=1S/C17H17Cl2N3O2/c1-3-10(2)21-17(24)15-8-11(6-7-20-15)16(23)22-14-5-4-12(18)9-13(14)19/h4-10H,3H2,1-2H3,(H,21,24)(H,22,23). The lowest BCUT2D eigenvalue weighted by atomic mass is 10.2. The fourth-order valence-corrected chi connectivity index (χ4v) is 2.34. The molecule has 2 amide bonds. The van der Waals surface area contributed by atoms with Gasteiger partial charge in [0.15, 0.2) is 0 Å². The lowest BCUT2D eigenvalue weighted by molar-refractivity contribution is 0.0934. The molecular weight excluding hydrogens is 349 g/mol. The molecule has 0 aliphatic carbocycles. The van der Waals surface area contributed by atoms with E-state index in [0.717, 1.165) is 6.42 Å². The van der Waals surface area contributed by atoms with Gasteiger partial charge >= 0.3 is 0 Å². The fraction of sp³-hybridized carbons (Fsp3) is 0.235. The predicted molar refractivity (Wildman–Crippen MR) is 95.9 cm³/mol. The van der Waals surface area contributed by atoms with Crippen molar-refractivity contribution in [3.05, 3.63) is 57.8 Å². The SMILES string of the molecule is CCC(C)NC(=O)c1cc(C(=O)Nc2ccc(Cl)cc2Cl)ccn1. The van der Waals surface area contributed by atoms with Crippen molar-refractivity contribution < 1.29 is 9.59 Å². The van der Waals surface area contributed by atoms with Gasteiger partial charge in [-0.25, -0.2) is 0 Å². The number of pyridine rings is 1. The second-order valence-electron chi connectivity index (χ2n) is 5.29. The molecule has 2 rings (SSSR count). The first-order chi connectivity index (χ1) is 11.4. The summed E-state index contributed by atoms with van der Waals surface area (Å²) in [7, 11) is 0. The number of nitrogens with zero attached hydrogens (tertiary/aromatic N) is 1. The van der Waals surface area contributed by atoms with Crippen LogP contribution in [-0.2, 0) is 0 Å². The minimum atomic E-state index is -0.390. The molecule has 126 valence electrons. The Balaban J connectivity index is 2.15. The molecule has 0 fully saturated rings. The van der Waals surface area contributed by atoms with Gasteiger partial charge in [-0.05, 0) is 43.7 Å². The molecule has 7 heteroatoms. The Labute approximate surface area is 150 Å². The van der Waals surface area contributed by atoms with E-state index in [1.165, 1.54) is 24.4 Å². The Morgan fingerprint density at radius 3 is 2.58 bits per heavy atom. The average Bonchev–Trinajstić information content (AvgIpc) is 2.57. The van der Waals surface area contributed by atoms with E-state index in [1.807, 2.05) is 13.8 Å². The molecule has 24 heavy (non-hydrogen) atoms. The minimum Gasteiger partial charge on any atom is -0.348 e. The van der Waals surface area contributed by atoms with Gasteiger partial charge in [0.05, 0.1) is 10.7 Å². The van der Waals surface area contributed by atoms with E-state index in [1.54, 1.807) is 12.1 Å². The van der Waals surface area contributed by atoms with Crippen molar-refractivity contribution in [2.45, 2.75) is 26.3 Å². The van der Waals surface area contributed by atoms with Gasteiger partial charge in [0.2, 0.25) is 0 Å². The topological polar surface area (TPSA) is 71.1 Å². The van der Waals surface area contributed by atoms with Crippen LogP contribution in [-0.4, -0.2) is 22.8 Å². The maximum atomic E-state index is 12.3. The maximum Gasteiger partial charge on any atom is 0.270 e. The fourth-order valence-electron chi connectivity index (χ4n) is 1.88. The summed E-state index contributed by atoms with van der Waals surface area (Å²) in [5, 5.41) is 6.30. The van der Waals surface area contributed by atoms with Gasteiger partial charge in [0.25, 0.3) is 11.8 Å². The van der Waals surface area contributed by atoms with E-state index in [0.29, 0.717) is 21.3 Å². The van der Waals surface area contributed by atoms with Crippen molar-refractivity contribution in [3.8, 4) is 0 Å². The summed E-state index contributed by atoms with van der Waals surface area (Å²) in [6, 6.07) is 7.78. The van der Waals surface area contributed by atoms with Crippen LogP contribution in [0.25, 0.3) is 0 Å². The largest absolute Gasteiger partial charge is 0.348 e. The van der Waals surface area contributed by atoms with Crippen LogP contribution in [0.2, 0.25) is 10.0 Å². The summed E-state index contributed by atoms with van der Waals surface area (Å²) >= 11 is 11.9. The third-order valence-electron chi connectivity index (χ3n) is 3.42. The second-order valence-corrected chi connectivity index (χ2v) is 6.13. The number of halogens is 2. The summed E-state index contributed by atoms with van der Waals surface area (Å²) in [5.41, 5.74) is 0.934. The number of carbonyl (C=O) groups excluding carboxylic acids is 2. The van der Waals surface area contributed by atoms with E-state index < -0.39 is 0 Å². The second kappa shape index (κ2) is 8.13. The zero-order chi connectivity index (χ0) is 17.7. The first-order valence-corrected chi connectivity index (χ1v) is 8.19. The monoisotopic (exact) mass is 365 g/mol. The quantitative estimate of drug-likeness (QED) is 0.834. The highest BCUT2D eigenvalue weighted by Crippen LogP contribution is 2.25. The Hall–Kier alpha value is -2.11. The summed E-state index contributed by atoms with van der Waals surface area (Å²) in [4.78, 5) is 28.4. The molecule has 2 aromatic rings. The van der Waals surface area contributed by atoms with Crippen molar-refractivity contribution in [2.75, 3.05) is 5.32 Å². The van der Waals surface area contributed by atoms with Crippen molar-refractivity contribution >= 4 is 40.7 Å². The lowest BCUT2D eigenvalue weighted by Crippen LogP contribution is -2.32. The molecule has 1 heterocycles. The molecule has 0 saturated carbocycles.